The molecule has 0 amide bonds. The van der Waals surface area contributed by atoms with Gasteiger partial charge in [-0.05, 0) is 38.0 Å². The molecule has 5 heteroatoms. The van der Waals surface area contributed by atoms with Crippen molar-refractivity contribution in [3.8, 4) is 0 Å². The van der Waals surface area contributed by atoms with Crippen molar-refractivity contribution in [3.05, 3.63) is 0 Å². The van der Waals surface area contributed by atoms with Crippen LogP contribution in [0.5, 0.6) is 0 Å². The van der Waals surface area contributed by atoms with E-state index in [9.17, 15) is 13.5 Å². The van der Waals surface area contributed by atoms with Crippen molar-refractivity contribution < 1.29 is 13.5 Å². The second kappa shape index (κ2) is 6.35. The lowest BCUT2D eigenvalue weighted by Gasteiger charge is -2.36. The van der Waals surface area contributed by atoms with Crippen LogP contribution in [0.15, 0.2) is 0 Å². The maximum atomic E-state index is 11.6. The molecule has 0 aromatic carbocycles. The van der Waals surface area contributed by atoms with Crippen LogP contribution in [0.25, 0.3) is 0 Å². The van der Waals surface area contributed by atoms with Crippen molar-refractivity contribution in [3.63, 3.8) is 0 Å². The first-order valence-electron chi connectivity index (χ1n) is 6.98. The van der Waals surface area contributed by atoms with E-state index in [0.717, 1.165) is 38.5 Å². The van der Waals surface area contributed by atoms with Crippen LogP contribution in [0.1, 0.15) is 52.4 Å². The number of piperidine rings is 1. The highest BCUT2D eigenvalue weighted by Gasteiger charge is 2.32. The zero-order chi connectivity index (χ0) is 13.8. The Morgan fingerprint density at radius 1 is 1.39 bits per heavy atom. The molecule has 108 valence electrons. The van der Waals surface area contributed by atoms with E-state index in [1.807, 2.05) is 6.92 Å². The average Bonchev–Trinajstić information content (AvgIpc) is 2.28. The van der Waals surface area contributed by atoms with E-state index in [2.05, 4.69) is 6.92 Å². The molecule has 0 spiro atoms. The first kappa shape index (κ1) is 15.9. The molecule has 1 rings (SSSR count). The topological polar surface area (TPSA) is 57.6 Å². The molecule has 2 atom stereocenters. The molecule has 4 nitrogen and oxygen atoms in total. The maximum Gasteiger partial charge on any atom is 0.211 e. The van der Waals surface area contributed by atoms with Gasteiger partial charge in [-0.2, -0.15) is 0 Å². The van der Waals surface area contributed by atoms with Gasteiger partial charge in [0.1, 0.15) is 0 Å². The van der Waals surface area contributed by atoms with Crippen LogP contribution >= 0.6 is 0 Å². The Balaban J connectivity index is 2.62. The van der Waals surface area contributed by atoms with Crippen LogP contribution in [0.2, 0.25) is 0 Å². The first-order valence-corrected chi connectivity index (χ1v) is 8.83. The van der Waals surface area contributed by atoms with Crippen molar-refractivity contribution in [2.75, 3.05) is 19.3 Å². The van der Waals surface area contributed by atoms with E-state index < -0.39 is 15.6 Å². The van der Waals surface area contributed by atoms with E-state index >= 15 is 0 Å². The molecule has 1 fully saturated rings. The Labute approximate surface area is 111 Å². The lowest BCUT2D eigenvalue weighted by Crippen LogP contribution is -2.42. The molecule has 1 N–H and O–H groups in total. The monoisotopic (exact) mass is 277 g/mol. The molecule has 18 heavy (non-hydrogen) atoms. The zero-order valence-electron chi connectivity index (χ0n) is 11.9. The predicted octanol–water partition coefficient (Wildman–Crippen LogP) is 1.99. The summed E-state index contributed by atoms with van der Waals surface area (Å²) in [5.74, 6) is 0.296. The van der Waals surface area contributed by atoms with Gasteiger partial charge in [-0.3, -0.25) is 0 Å². The van der Waals surface area contributed by atoms with Crippen molar-refractivity contribution in [1.29, 1.82) is 0 Å². The van der Waals surface area contributed by atoms with E-state index in [1.54, 1.807) is 4.31 Å². The third kappa shape index (κ3) is 4.52. The number of sulfonamides is 1. The van der Waals surface area contributed by atoms with Crippen LogP contribution in [0, 0.1) is 5.92 Å². The highest BCUT2D eigenvalue weighted by molar-refractivity contribution is 7.88. The summed E-state index contributed by atoms with van der Waals surface area (Å²) >= 11 is 0. The van der Waals surface area contributed by atoms with Gasteiger partial charge in [-0.1, -0.05) is 20.3 Å². The third-order valence-corrected chi connectivity index (χ3v) is 5.26. The number of hydrogen-bond donors (Lipinski definition) is 1. The van der Waals surface area contributed by atoms with Gasteiger partial charge in [0.05, 0.1) is 11.9 Å². The maximum absolute atomic E-state index is 11.6. The van der Waals surface area contributed by atoms with Gasteiger partial charge in [0.2, 0.25) is 10.0 Å². The van der Waals surface area contributed by atoms with Crippen molar-refractivity contribution in [2.24, 2.45) is 5.92 Å². The fourth-order valence-electron chi connectivity index (χ4n) is 2.92. The molecule has 0 saturated carbocycles. The summed E-state index contributed by atoms with van der Waals surface area (Å²) in [6, 6.07) is 0. The lowest BCUT2D eigenvalue weighted by atomic mass is 9.82. The van der Waals surface area contributed by atoms with E-state index in [1.165, 1.54) is 6.26 Å². The Kier molecular flexibility index (Phi) is 5.62. The van der Waals surface area contributed by atoms with Crippen LogP contribution in [-0.4, -0.2) is 42.8 Å². The van der Waals surface area contributed by atoms with E-state index in [-0.39, 0.29) is 0 Å². The van der Waals surface area contributed by atoms with Gasteiger partial charge >= 0.3 is 0 Å². The van der Waals surface area contributed by atoms with Gasteiger partial charge in [0, 0.05) is 13.1 Å². The molecule has 1 heterocycles. The summed E-state index contributed by atoms with van der Waals surface area (Å²) in [5, 5.41) is 10.5. The molecule has 1 saturated heterocycles. The van der Waals surface area contributed by atoms with E-state index in [4.69, 9.17) is 0 Å². The Bertz CT molecular complexity index is 355. The summed E-state index contributed by atoms with van der Waals surface area (Å²) in [4.78, 5) is 0. The van der Waals surface area contributed by atoms with Gasteiger partial charge in [0.15, 0.2) is 0 Å². The normalized spacial score (nSPS) is 25.9. The summed E-state index contributed by atoms with van der Waals surface area (Å²) in [6.07, 6.45) is 6.44. The number of aliphatic hydroxyl groups is 1. The van der Waals surface area contributed by atoms with Crippen molar-refractivity contribution in [1.82, 2.24) is 4.31 Å². The summed E-state index contributed by atoms with van der Waals surface area (Å²) in [7, 11) is -3.08. The van der Waals surface area contributed by atoms with Crippen LogP contribution in [-0.2, 0) is 10.0 Å². The highest BCUT2D eigenvalue weighted by atomic mass is 32.2. The Morgan fingerprint density at radius 2 is 2.06 bits per heavy atom. The molecule has 2 unspecified atom stereocenters. The Hall–Kier alpha value is -0.130. The number of hydrogen-bond acceptors (Lipinski definition) is 3. The van der Waals surface area contributed by atoms with Gasteiger partial charge < -0.3 is 5.11 Å². The lowest BCUT2D eigenvalue weighted by molar-refractivity contribution is -0.00396. The molecule has 0 aliphatic carbocycles. The molecule has 0 aromatic rings. The summed E-state index contributed by atoms with van der Waals surface area (Å²) in [6.45, 7) is 5.29. The zero-order valence-corrected chi connectivity index (χ0v) is 12.7. The molecular formula is C13H27NO3S. The van der Waals surface area contributed by atoms with Crippen molar-refractivity contribution in [2.45, 2.75) is 58.0 Å². The molecule has 1 aliphatic heterocycles. The third-order valence-electron chi connectivity index (χ3n) is 3.99. The van der Waals surface area contributed by atoms with Crippen molar-refractivity contribution >= 4 is 10.0 Å². The van der Waals surface area contributed by atoms with Crippen LogP contribution in [0.3, 0.4) is 0 Å². The second-order valence-electron chi connectivity index (χ2n) is 5.66. The summed E-state index contributed by atoms with van der Waals surface area (Å²) in [5.41, 5.74) is -0.611. The molecule has 0 bridgehead atoms. The summed E-state index contributed by atoms with van der Waals surface area (Å²) < 4.78 is 24.7. The number of nitrogens with zero attached hydrogens (tertiary/aromatic N) is 1. The SMILES string of the molecule is CCCC(O)(CC)CC1CCCN(S(C)(=O)=O)C1. The molecular weight excluding hydrogens is 250 g/mol. The van der Waals surface area contributed by atoms with Crippen LogP contribution < -0.4 is 0 Å². The van der Waals surface area contributed by atoms with Gasteiger partial charge in [-0.15, -0.1) is 0 Å². The highest BCUT2D eigenvalue weighted by Crippen LogP contribution is 2.31. The second-order valence-corrected chi connectivity index (χ2v) is 7.64. The minimum atomic E-state index is -3.08. The van der Waals surface area contributed by atoms with E-state index in [0.29, 0.717) is 19.0 Å². The molecule has 0 aromatic heterocycles. The van der Waals surface area contributed by atoms with Crippen LogP contribution in [0.4, 0.5) is 0 Å². The fourth-order valence-corrected chi connectivity index (χ4v) is 3.86. The quantitative estimate of drug-likeness (QED) is 0.808. The standard InChI is InChI=1S/C13H27NO3S/c1-4-8-13(15,5-2)10-12-7-6-9-14(11-12)18(3,16)17/h12,15H,4-11H2,1-3H3. The average molecular weight is 277 g/mol. The minimum Gasteiger partial charge on any atom is -0.390 e. The minimum absolute atomic E-state index is 0.296. The largest absolute Gasteiger partial charge is 0.390 e. The smallest absolute Gasteiger partial charge is 0.211 e. The van der Waals surface area contributed by atoms with Gasteiger partial charge in [-0.25, -0.2) is 12.7 Å². The Morgan fingerprint density at radius 3 is 2.56 bits per heavy atom. The predicted molar refractivity (Wildman–Crippen MR) is 73.9 cm³/mol. The first-order chi connectivity index (χ1) is 8.30. The fraction of sp³-hybridized carbons (Fsp3) is 1.00. The van der Waals surface area contributed by atoms with Gasteiger partial charge in [0.25, 0.3) is 0 Å². The number of rotatable bonds is 6. The molecule has 1 aliphatic rings. The molecule has 0 radical (unpaired) electrons.